The first-order chi connectivity index (χ1) is 13.6. The summed E-state index contributed by atoms with van der Waals surface area (Å²) in [5.41, 5.74) is 1.97. The molecule has 2 aromatic rings. The Morgan fingerprint density at radius 1 is 1.07 bits per heavy atom. The van der Waals surface area contributed by atoms with Gasteiger partial charge in [0.1, 0.15) is 12.4 Å². The van der Waals surface area contributed by atoms with Crippen molar-refractivity contribution in [3.05, 3.63) is 47.7 Å². The maximum absolute atomic E-state index is 13.3. The molecule has 1 aromatic heterocycles. The Morgan fingerprint density at radius 3 is 2.39 bits per heavy atom. The lowest BCUT2D eigenvalue weighted by Crippen LogP contribution is -2.38. The minimum atomic E-state index is -0.508. The maximum atomic E-state index is 13.3. The Bertz CT molecular complexity index is 799. The zero-order valence-electron chi connectivity index (χ0n) is 16.8. The third-order valence-corrected chi connectivity index (χ3v) is 5.38. The van der Waals surface area contributed by atoms with Crippen molar-refractivity contribution in [2.75, 3.05) is 32.8 Å². The summed E-state index contributed by atoms with van der Waals surface area (Å²) in [4.78, 5) is 17.8. The lowest BCUT2D eigenvalue weighted by Gasteiger charge is -2.28. The molecule has 1 heterocycles. The topological polar surface area (TPSA) is 69.7 Å². The first-order valence-corrected chi connectivity index (χ1v) is 9.64. The van der Waals surface area contributed by atoms with Crippen molar-refractivity contribution in [1.82, 2.24) is 4.98 Å². The van der Waals surface area contributed by atoms with E-state index in [4.69, 9.17) is 14.2 Å². The highest BCUT2D eigenvalue weighted by Gasteiger charge is 2.42. The van der Waals surface area contributed by atoms with Gasteiger partial charge >= 0.3 is 0 Å². The average Bonchev–Trinajstić information content (AvgIpc) is 3.21. The molecule has 0 spiro atoms. The van der Waals surface area contributed by atoms with Gasteiger partial charge in [0.25, 0.3) is 0 Å². The Labute approximate surface area is 166 Å². The number of amides is 1. The number of benzene rings is 1. The van der Waals surface area contributed by atoms with Gasteiger partial charge in [-0.3, -0.25) is 4.79 Å². The van der Waals surface area contributed by atoms with Crippen LogP contribution >= 0.6 is 0 Å². The van der Waals surface area contributed by atoms with Crippen molar-refractivity contribution in [3.63, 3.8) is 0 Å². The van der Waals surface area contributed by atoms with Gasteiger partial charge < -0.3 is 19.5 Å². The summed E-state index contributed by atoms with van der Waals surface area (Å²) in [5.74, 6) is 1.34. The molecule has 0 saturated heterocycles. The van der Waals surface area contributed by atoms with Crippen molar-refractivity contribution < 1.29 is 19.0 Å². The number of nitrogens with one attached hydrogen (secondary N) is 1. The van der Waals surface area contributed by atoms with Crippen LogP contribution in [0.15, 0.2) is 36.4 Å². The molecule has 1 amide bonds. The summed E-state index contributed by atoms with van der Waals surface area (Å²) in [7, 11) is 3.27. The monoisotopic (exact) mass is 384 g/mol. The molecule has 28 heavy (non-hydrogen) atoms. The van der Waals surface area contributed by atoms with Crippen LogP contribution in [-0.2, 0) is 14.9 Å². The van der Waals surface area contributed by atoms with Crippen molar-refractivity contribution in [2.45, 2.75) is 38.0 Å². The minimum absolute atomic E-state index is 0.0214. The van der Waals surface area contributed by atoms with Crippen molar-refractivity contribution in [1.29, 1.82) is 0 Å². The maximum Gasteiger partial charge on any atom is 0.235 e. The lowest BCUT2D eigenvalue weighted by molar-refractivity contribution is -0.121. The molecule has 3 rings (SSSR count). The number of methoxy groups -OCH3 is 2. The van der Waals surface area contributed by atoms with E-state index >= 15 is 0 Å². The molecule has 1 N–H and O–H groups in total. The van der Waals surface area contributed by atoms with Crippen LogP contribution in [0.2, 0.25) is 0 Å². The summed E-state index contributed by atoms with van der Waals surface area (Å²) >= 11 is 0. The predicted molar refractivity (Wildman–Crippen MR) is 108 cm³/mol. The summed E-state index contributed by atoms with van der Waals surface area (Å²) in [6.45, 7) is 2.81. The molecule has 0 atom stereocenters. The number of carbonyl (C=O) groups is 1. The van der Waals surface area contributed by atoms with Crippen molar-refractivity contribution in [2.24, 2.45) is 0 Å². The van der Waals surface area contributed by atoms with Crippen LogP contribution < -0.4 is 14.8 Å². The van der Waals surface area contributed by atoms with Crippen LogP contribution in [0, 0.1) is 6.92 Å². The zero-order chi connectivity index (χ0) is 20.0. The third-order valence-electron chi connectivity index (χ3n) is 5.38. The van der Waals surface area contributed by atoms with Gasteiger partial charge in [-0.2, -0.15) is 0 Å². The average molecular weight is 384 g/mol. The van der Waals surface area contributed by atoms with Crippen LogP contribution in [0.5, 0.6) is 11.6 Å². The number of aryl methyl sites for hydroxylation is 1. The third kappa shape index (κ3) is 4.28. The summed E-state index contributed by atoms with van der Waals surface area (Å²) < 4.78 is 15.8. The fraction of sp³-hybridized carbons (Fsp3) is 0.455. The zero-order valence-corrected chi connectivity index (χ0v) is 16.8. The number of anilines is 1. The van der Waals surface area contributed by atoms with Gasteiger partial charge in [0.05, 0.1) is 30.5 Å². The SMILES string of the molecule is COCCOc1ccc(NC(=O)C2(c3ccc(OC)cc3)CCCC2)c(C)n1. The smallest absolute Gasteiger partial charge is 0.235 e. The fourth-order valence-corrected chi connectivity index (χ4v) is 3.76. The van der Waals surface area contributed by atoms with Crippen LogP contribution in [0.25, 0.3) is 0 Å². The van der Waals surface area contributed by atoms with Crippen molar-refractivity contribution >= 4 is 11.6 Å². The van der Waals surface area contributed by atoms with E-state index in [1.54, 1.807) is 20.3 Å². The summed E-state index contributed by atoms with van der Waals surface area (Å²) in [5, 5.41) is 3.10. The van der Waals surface area contributed by atoms with Crippen LogP contribution in [0.3, 0.4) is 0 Å². The van der Waals surface area contributed by atoms with Crippen LogP contribution in [0.1, 0.15) is 36.9 Å². The summed E-state index contributed by atoms with van der Waals surface area (Å²) in [6.07, 6.45) is 3.78. The molecule has 1 saturated carbocycles. The second-order valence-electron chi connectivity index (χ2n) is 7.10. The van der Waals surface area contributed by atoms with E-state index in [2.05, 4.69) is 10.3 Å². The molecule has 6 heteroatoms. The molecule has 1 aliphatic carbocycles. The van der Waals surface area contributed by atoms with Gasteiger partial charge in [-0.1, -0.05) is 25.0 Å². The first kappa shape index (κ1) is 20.1. The van der Waals surface area contributed by atoms with E-state index in [1.807, 2.05) is 37.3 Å². The Morgan fingerprint density at radius 2 is 1.79 bits per heavy atom. The summed E-state index contributed by atoms with van der Waals surface area (Å²) in [6, 6.07) is 11.5. The molecular weight excluding hydrogens is 356 g/mol. The molecule has 1 aliphatic rings. The van der Waals surface area contributed by atoms with E-state index < -0.39 is 5.41 Å². The Balaban J connectivity index is 1.77. The first-order valence-electron chi connectivity index (χ1n) is 9.64. The number of carbonyl (C=O) groups excluding carboxylic acids is 1. The number of pyridine rings is 1. The normalized spacial score (nSPS) is 15.2. The number of hydrogen-bond acceptors (Lipinski definition) is 5. The molecule has 1 fully saturated rings. The van der Waals surface area contributed by atoms with Gasteiger partial charge in [0, 0.05) is 13.2 Å². The van der Waals surface area contributed by atoms with Gasteiger partial charge in [0.2, 0.25) is 11.8 Å². The fourth-order valence-electron chi connectivity index (χ4n) is 3.76. The molecule has 0 unspecified atom stereocenters. The highest BCUT2D eigenvalue weighted by molar-refractivity contribution is 5.99. The highest BCUT2D eigenvalue weighted by atomic mass is 16.5. The number of rotatable bonds is 8. The second kappa shape index (κ2) is 9.06. The second-order valence-corrected chi connectivity index (χ2v) is 7.10. The van der Waals surface area contributed by atoms with E-state index in [-0.39, 0.29) is 5.91 Å². The van der Waals surface area contributed by atoms with Gasteiger partial charge in [0.15, 0.2) is 0 Å². The molecule has 150 valence electrons. The molecule has 0 aliphatic heterocycles. The molecule has 6 nitrogen and oxygen atoms in total. The minimum Gasteiger partial charge on any atom is -0.497 e. The molecule has 1 aromatic carbocycles. The van der Waals surface area contributed by atoms with Crippen LogP contribution in [-0.4, -0.2) is 38.3 Å². The number of aromatic nitrogens is 1. The van der Waals surface area contributed by atoms with E-state index in [1.165, 1.54) is 0 Å². The van der Waals surface area contributed by atoms with Crippen LogP contribution in [0.4, 0.5) is 5.69 Å². The Kier molecular flexibility index (Phi) is 6.52. The van der Waals surface area contributed by atoms with E-state index in [0.717, 1.165) is 42.7 Å². The van der Waals surface area contributed by atoms with Gasteiger partial charge in [-0.05, 0) is 43.5 Å². The number of nitrogens with zero attached hydrogens (tertiary/aromatic N) is 1. The quantitative estimate of drug-likeness (QED) is 0.700. The predicted octanol–water partition coefficient (Wildman–Crippen LogP) is 3.87. The molecule has 0 bridgehead atoms. The van der Waals surface area contributed by atoms with Gasteiger partial charge in [-0.25, -0.2) is 4.98 Å². The standard InChI is InChI=1S/C22H28N2O4/c1-16-19(10-11-20(23-16)28-15-14-26-2)24-21(25)22(12-4-5-13-22)17-6-8-18(27-3)9-7-17/h6-11H,4-5,12-15H2,1-3H3,(H,24,25). The Hall–Kier alpha value is -2.60. The highest BCUT2D eigenvalue weighted by Crippen LogP contribution is 2.42. The number of ether oxygens (including phenoxy) is 3. The molecular formula is C22H28N2O4. The van der Waals surface area contributed by atoms with E-state index in [9.17, 15) is 4.79 Å². The largest absolute Gasteiger partial charge is 0.497 e. The number of hydrogen-bond donors (Lipinski definition) is 1. The lowest BCUT2D eigenvalue weighted by atomic mass is 9.78. The molecule has 0 radical (unpaired) electrons. The van der Waals surface area contributed by atoms with Crippen molar-refractivity contribution in [3.8, 4) is 11.6 Å². The van der Waals surface area contributed by atoms with E-state index in [0.29, 0.717) is 24.8 Å². The van der Waals surface area contributed by atoms with Gasteiger partial charge in [-0.15, -0.1) is 0 Å².